The predicted molar refractivity (Wildman–Crippen MR) is 92.7 cm³/mol. The zero-order chi connectivity index (χ0) is 16.4. The summed E-state index contributed by atoms with van der Waals surface area (Å²) in [5, 5.41) is 3.75. The quantitative estimate of drug-likeness (QED) is 0.866. The molecule has 0 radical (unpaired) electrons. The van der Waals surface area contributed by atoms with E-state index in [1.54, 1.807) is 6.20 Å². The summed E-state index contributed by atoms with van der Waals surface area (Å²) in [6, 6.07) is 10.4. The van der Waals surface area contributed by atoms with E-state index in [9.17, 15) is 4.79 Å². The molecule has 0 bridgehead atoms. The van der Waals surface area contributed by atoms with E-state index in [1.807, 2.05) is 6.07 Å². The molecule has 2 aromatic rings. The number of hydrogen-bond acceptors (Lipinski definition) is 4. The van der Waals surface area contributed by atoms with Crippen LogP contribution >= 0.6 is 0 Å². The van der Waals surface area contributed by atoms with Gasteiger partial charge in [-0.2, -0.15) is 0 Å². The van der Waals surface area contributed by atoms with Gasteiger partial charge in [-0.25, -0.2) is 0 Å². The molecule has 0 saturated carbocycles. The van der Waals surface area contributed by atoms with Gasteiger partial charge in [-0.1, -0.05) is 5.16 Å². The maximum absolute atomic E-state index is 11.8. The first-order chi connectivity index (χ1) is 11.8. The lowest BCUT2D eigenvalue weighted by atomic mass is 9.95. The number of benzene rings is 1. The first-order valence-electron chi connectivity index (χ1n) is 8.83. The van der Waals surface area contributed by atoms with Gasteiger partial charge in [-0.15, -0.1) is 0 Å². The van der Waals surface area contributed by atoms with Crippen LogP contribution in [0.1, 0.15) is 25.7 Å². The van der Waals surface area contributed by atoms with Crippen molar-refractivity contribution in [2.75, 3.05) is 31.1 Å². The van der Waals surface area contributed by atoms with Crippen molar-refractivity contribution in [3.63, 3.8) is 0 Å². The number of hydrogen-bond donors (Lipinski definition) is 0. The zero-order valence-electron chi connectivity index (χ0n) is 13.9. The van der Waals surface area contributed by atoms with Crippen molar-refractivity contribution in [1.29, 1.82) is 0 Å². The van der Waals surface area contributed by atoms with Crippen molar-refractivity contribution in [1.82, 2.24) is 10.1 Å². The summed E-state index contributed by atoms with van der Waals surface area (Å²) in [5.41, 5.74) is 2.31. The molecular formula is C19H23N3O2. The van der Waals surface area contributed by atoms with Gasteiger partial charge in [0.05, 0.1) is 6.20 Å². The van der Waals surface area contributed by atoms with E-state index >= 15 is 0 Å². The lowest BCUT2D eigenvalue weighted by Crippen LogP contribution is -2.39. The van der Waals surface area contributed by atoms with E-state index in [4.69, 9.17) is 4.52 Å². The average molecular weight is 325 g/mol. The molecule has 1 aromatic heterocycles. The Balaban J connectivity index is 1.33. The number of carbonyl (C=O) groups excluding carboxylic acids is 1. The molecular weight excluding hydrogens is 302 g/mol. The van der Waals surface area contributed by atoms with Gasteiger partial charge >= 0.3 is 0 Å². The largest absolute Gasteiger partial charge is 0.372 e. The molecule has 5 nitrogen and oxygen atoms in total. The van der Waals surface area contributed by atoms with Crippen LogP contribution in [-0.4, -0.2) is 42.1 Å². The Bertz CT molecular complexity index is 673. The molecule has 5 heteroatoms. The highest BCUT2D eigenvalue weighted by Crippen LogP contribution is 2.27. The fourth-order valence-electron chi connectivity index (χ4n) is 3.78. The Morgan fingerprint density at radius 2 is 1.88 bits per heavy atom. The van der Waals surface area contributed by atoms with Gasteiger partial charge in [0.2, 0.25) is 5.91 Å². The second kappa shape index (κ2) is 6.67. The van der Waals surface area contributed by atoms with Crippen LogP contribution in [0, 0.1) is 5.92 Å². The summed E-state index contributed by atoms with van der Waals surface area (Å²) in [4.78, 5) is 16.3. The van der Waals surface area contributed by atoms with Gasteiger partial charge in [0.1, 0.15) is 0 Å². The average Bonchev–Trinajstić information content (AvgIpc) is 3.29. The van der Waals surface area contributed by atoms with Crippen LogP contribution in [0.4, 0.5) is 5.69 Å². The van der Waals surface area contributed by atoms with E-state index in [2.05, 4.69) is 39.2 Å². The highest BCUT2D eigenvalue weighted by atomic mass is 16.5. The second-order valence-corrected chi connectivity index (χ2v) is 6.80. The number of amides is 1. The third kappa shape index (κ3) is 3.16. The molecule has 3 heterocycles. The molecule has 0 unspecified atom stereocenters. The van der Waals surface area contributed by atoms with Crippen LogP contribution in [0.3, 0.4) is 0 Å². The number of nitrogens with zero attached hydrogens (tertiary/aromatic N) is 3. The van der Waals surface area contributed by atoms with Crippen molar-refractivity contribution in [3.05, 3.63) is 36.5 Å². The smallest absolute Gasteiger partial charge is 0.222 e. The number of aromatic nitrogens is 1. The molecule has 2 saturated heterocycles. The molecule has 0 aliphatic carbocycles. The third-order valence-corrected chi connectivity index (χ3v) is 5.22. The molecule has 126 valence electrons. The van der Waals surface area contributed by atoms with Crippen LogP contribution in [0.2, 0.25) is 0 Å². The Morgan fingerprint density at radius 1 is 1.08 bits per heavy atom. The number of likely N-dealkylation sites (tertiary alicyclic amines) is 1. The minimum Gasteiger partial charge on any atom is -0.372 e. The second-order valence-electron chi connectivity index (χ2n) is 6.80. The molecule has 0 atom stereocenters. The Kier molecular flexibility index (Phi) is 4.24. The van der Waals surface area contributed by atoms with Gasteiger partial charge in [-0.3, -0.25) is 4.79 Å². The van der Waals surface area contributed by atoms with Crippen molar-refractivity contribution >= 4 is 11.6 Å². The molecule has 2 fully saturated rings. The van der Waals surface area contributed by atoms with E-state index in [1.165, 1.54) is 5.69 Å². The maximum atomic E-state index is 11.8. The number of piperidine rings is 1. The molecule has 1 amide bonds. The predicted octanol–water partition coefficient (Wildman–Crippen LogP) is 3.18. The van der Waals surface area contributed by atoms with Gasteiger partial charge in [-0.05, 0) is 49.4 Å². The first-order valence-corrected chi connectivity index (χ1v) is 8.83. The Hall–Kier alpha value is -2.30. The van der Waals surface area contributed by atoms with Gasteiger partial charge in [0.25, 0.3) is 0 Å². The van der Waals surface area contributed by atoms with Gasteiger partial charge < -0.3 is 14.3 Å². The van der Waals surface area contributed by atoms with Crippen LogP contribution in [0.15, 0.2) is 41.1 Å². The van der Waals surface area contributed by atoms with Gasteiger partial charge in [0.15, 0.2) is 5.76 Å². The molecule has 4 rings (SSSR count). The third-order valence-electron chi connectivity index (χ3n) is 5.22. The summed E-state index contributed by atoms with van der Waals surface area (Å²) in [6.45, 7) is 4.04. The standard InChI is InChI=1S/C19H23N3O2/c23-19-2-1-11-22(19)14-15-8-12-21(13-9-15)17-5-3-16(4-6-17)18-7-10-20-24-18/h3-7,10,15H,1-2,8-9,11-14H2. The highest BCUT2D eigenvalue weighted by Gasteiger charge is 2.26. The number of rotatable bonds is 4. The van der Waals surface area contributed by atoms with Crippen LogP contribution in [0.25, 0.3) is 11.3 Å². The van der Waals surface area contributed by atoms with E-state index in [0.29, 0.717) is 11.8 Å². The summed E-state index contributed by atoms with van der Waals surface area (Å²) in [6.07, 6.45) is 5.77. The topological polar surface area (TPSA) is 49.6 Å². The molecule has 1 aromatic carbocycles. The SMILES string of the molecule is O=C1CCCN1CC1CCN(c2ccc(-c3ccno3)cc2)CC1. The zero-order valence-corrected chi connectivity index (χ0v) is 13.9. The Morgan fingerprint density at radius 3 is 2.50 bits per heavy atom. The Labute approximate surface area is 142 Å². The maximum Gasteiger partial charge on any atom is 0.222 e. The van der Waals surface area contributed by atoms with E-state index in [-0.39, 0.29) is 0 Å². The molecule has 2 aliphatic heterocycles. The van der Waals surface area contributed by atoms with Crippen molar-refractivity contribution in [2.24, 2.45) is 5.92 Å². The summed E-state index contributed by atoms with van der Waals surface area (Å²) in [5.74, 6) is 1.80. The fourth-order valence-corrected chi connectivity index (χ4v) is 3.78. The summed E-state index contributed by atoms with van der Waals surface area (Å²) < 4.78 is 5.20. The van der Waals surface area contributed by atoms with Crippen LogP contribution in [0.5, 0.6) is 0 Å². The van der Waals surface area contributed by atoms with Crippen molar-refractivity contribution in [3.8, 4) is 11.3 Å². The van der Waals surface area contributed by atoms with E-state index in [0.717, 1.165) is 63.2 Å². The molecule has 2 aliphatic rings. The summed E-state index contributed by atoms with van der Waals surface area (Å²) in [7, 11) is 0. The van der Waals surface area contributed by atoms with E-state index < -0.39 is 0 Å². The lowest BCUT2D eigenvalue weighted by molar-refractivity contribution is -0.128. The van der Waals surface area contributed by atoms with Crippen molar-refractivity contribution < 1.29 is 9.32 Å². The molecule has 0 spiro atoms. The van der Waals surface area contributed by atoms with Crippen LogP contribution < -0.4 is 4.90 Å². The van der Waals surface area contributed by atoms with Crippen molar-refractivity contribution in [2.45, 2.75) is 25.7 Å². The fraction of sp³-hybridized carbons (Fsp3) is 0.474. The number of carbonyl (C=O) groups is 1. The monoisotopic (exact) mass is 325 g/mol. The van der Waals surface area contributed by atoms with Gasteiger partial charge in [0, 0.05) is 49.9 Å². The highest BCUT2D eigenvalue weighted by molar-refractivity contribution is 5.78. The first kappa shape index (κ1) is 15.2. The lowest BCUT2D eigenvalue weighted by Gasteiger charge is -2.35. The molecule has 0 N–H and O–H groups in total. The summed E-state index contributed by atoms with van der Waals surface area (Å²) >= 11 is 0. The minimum absolute atomic E-state index is 0.348. The van der Waals surface area contributed by atoms with Crippen LogP contribution in [-0.2, 0) is 4.79 Å². The molecule has 24 heavy (non-hydrogen) atoms. The minimum atomic E-state index is 0.348. The number of anilines is 1. The normalized spacial score (nSPS) is 19.2.